The molecule has 0 unspecified atom stereocenters. The Labute approximate surface area is 126 Å². The highest BCUT2D eigenvalue weighted by molar-refractivity contribution is 5.73. The van der Waals surface area contributed by atoms with Gasteiger partial charge in [0.25, 0.3) is 0 Å². The minimum Gasteiger partial charge on any atom is -0.466 e. The monoisotopic (exact) mass is 283 g/mol. The van der Waals surface area contributed by atoms with Crippen LogP contribution >= 0.6 is 0 Å². The van der Waals surface area contributed by atoms with E-state index in [1.54, 1.807) is 0 Å². The minimum atomic E-state index is -0.187. The van der Waals surface area contributed by atoms with Crippen LogP contribution in [0.2, 0.25) is 0 Å². The molecule has 0 bridgehead atoms. The molecular formula is C18H21NO2. The second kappa shape index (κ2) is 8.10. The fourth-order valence-corrected chi connectivity index (χ4v) is 2.19. The lowest BCUT2D eigenvalue weighted by atomic mass is 9.99. The van der Waals surface area contributed by atoms with E-state index in [1.165, 1.54) is 0 Å². The average Bonchev–Trinajstić information content (AvgIpc) is 2.53. The van der Waals surface area contributed by atoms with E-state index in [9.17, 15) is 4.79 Å². The Morgan fingerprint density at radius 1 is 1.05 bits per heavy atom. The fourth-order valence-electron chi connectivity index (χ4n) is 2.19. The lowest BCUT2D eigenvalue weighted by Crippen LogP contribution is -2.27. The predicted octanol–water partition coefficient (Wildman–Crippen LogP) is 3.52. The van der Waals surface area contributed by atoms with Crippen LogP contribution in [-0.4, -0.2) is 19.1 Å². The van der Waals surface area contributed by atoms with Gasteiger partial charge in [-0.15, -0.1) is 0 Å². The van der Waals surface area contributed by atoms with Crippen LogP contribution in [0.5, 0.6) is 0 Å². The van der Waals surface area contributed by atoms with Gasteiger partial charge in [-0.25, -0.2) is 0 Å². The lowest BCUT2D eigenvalue weighted by molar-refractivity contribution is -0.147. The molecule has 0 aliphatic rings. The van der Waals surface area contributed by atoms with Crippen molar-refractivity contribution in [3.63, 3.8) is 0 Å². The Morgan fingerprint density at radius 2 is 1.67 bits per heavy atom. The summed E-state index contributed by atoms with van der Waals surface area (Å²) in [5, 5.41) is 3.30. The third-order valence-electron chi connectivity index (χ3n) is 3.27. The van der Waals surface area contributed by atoms with Crippen molar-refractivity contribution >= 4 is 11.7 Å². The van der Waals surface area contributed by atoms with Gasteiger partial charge in [-0.05, 0) is 31.0 Å². The molecule has 0 saturated heterocycles. The highest BCUT2D eigenvalue weighted by Gasteiger charge is 2.20. The standard InChI is InChI=1S/C18H21NO2/c1-2-21-18(20)16(13-15-9-5-3-6-10-15)14-19-17-11-7-4-8-12-17/h3-12,16,19H,2,13-14H2,1H3/t16-/m0/s1. The largest absolute Gasteiger partial charge is 0.466 e. The normalized spacial score (nSPS) is 11.7. The summed E-state index contributed by atoms with van der Waals surface area (Å²) in [5.74, 6) is -0.336. The molecule has 2 rings (SSSR count). The van der Waals surface area contributed by atoms with Crippen LogP contribution in [0.3, 0.4) is 0 Å². The number of rotatable bonds is 7. The Morgan fingerprint density at radius 3 is 2.29 bits per heavy atom. The zero-order chi connectivity index (χ0) is 14.9. The van der Waals surface area contributed by atoms with E-state index in [4.69, 9.17) is 4.74 Å². The molecule has 110 valence electrons. The number of benzene rings is 2. The number of esters is 1. The summed E-state index contributed by atoms with van der Waals surface area (Å²) in [4.78, 5) is 12.1. The van der Waals surface area contributed by atoms with Crippen LogP contribution in [0.4, 0.5) is 5.69 Å². The van der Waals surface area contributed by atoms with Gasteiger partial charge < -0.3 is 10.1 Å². The van der Waals surface area contributed by atoms with Gasteiger partial charge in [0, 0.05) is 12.2 Å². The fraction of sp³-hybridized carbons (Fsp3) is 0.278. The number of para-hydroxylation sites is 1. The Hall–Kier alpha value is -2.29. The van der Waals surface area contributed by atoms with Gasteiger partial charge in [-0.1, -0.05) is 48.5 Å². The molecule has 3 heteroatoms. The minimum absolute atomic E-state index is 0.148. The molecule has 0 aliphatic heterocycles. The van der Waals surface area contributed by atoms with Gasteiger partial charge in [-0.3, -0.25) is 4.79 Å². The second-order valence-electron chi connectivity index (χ2n) is 4.89. The first-order valence-corrected chi connectivity index (χ1v) is 7.29. The lowest BCUT2D eigenvalue weighted by Gasteiger charge is -2.17. The molecule has 0 aliphatic carbocycles. The van der Waals surface area contributed by atoms with E-state index < -0.39 is 0 Å². The quantitative estimate of drug-likeness (QED) is 0.790. The van der Waals surface area contributed by atoms with Crippen LogP contribution in [0.1, 0.15) is 12.5 Å². The van der Waals surface area contributed by atoms with E-state index in [-0.39, 0.29) is 11.9 Å². The zero-order valence-electron chi connectivity index (χ0n) is 12.3. The second-order valence-corrected chi connectivity index (χ2v) is 4.89. The Kier molecular flexibility index (Phi) is 5.83. The van der Waals surface area contributed by atoms with Crippen LogP contribution in [-0.2, 0) is 16.0 Å². The van der Waals surface area contributed by atoms with E-state index in [0.717, 1.165) is 11.3 Å². The summed E-state index contributed by atoms with van der Waals surface area (Å²) in [6.45, 7) is 2.81. The number of carbonyl (C=O) groups is 1. The summed E-state index contributed by atoms with van der Waals surface area (Å²) in [6, 6.07) is 19.9. The van der Waals surface area contributed by atoms with Crippen molar-refractivity contribution in [2.45, 2.75) is 13.3 Å². The van der Waals surface area contributed by atoms with Gasteiger partial charge in [0.05, 0.1) is 12.5 Å². The van der Waals surface area contributed by atoms with Crippen LogP contribution in [0, 0.1) is 5.92 Å². The summed E-state index contributed by atoms with van der Waals surface area (Å²) < 4.78 is 5.19. The SMILES string of the molecule is CCOC(=O)[C@H](CNc1ccccc1)Cc1ccccc1. The third-order valence-corrected chi connectivity index (χ3v) is 3.27. The molecule has 2 aromatic carbocycles. The third kappa shape index (κ3) is 4.95. The van der Waals surface area contributed by atoms with Crippen molar-refractivity contribution in [3.8, 4) is 0 Å². The first kappa shape index (κ1) is 15.1. The first-order valence-electron chi connectivity index (χ1n) is 7.29. The van der Waals surface area contributed by atoms with Crippen LogP contribution in [0.25, 0.3) is 0 Å². The molecule has 3 nitrogen and oxygen atoms in total. The smallest absolute Gasteiger partial charge is 0.311 e. The van der Waals surface area contributed by atoms with Gasteiger partial charge in [-0.2, -0.15) is 0 Å². The molecule has 21 heavy (non-hydrogen) atoms. The van der Waals surface area contributed by atoms with Gasteiger partial charge in [0.15, 0.2) is 0 Å². The predicted molar refractivity (Wildman–Crippen MR) is 85.2 cm³/mol. The average molecular weight is 283 g/mol. The van der Waals surface area contributed by atoms with E-state index in [0.29, 0.717) is 19.6 Å². The summed E-state index contributed by atoms with van der Waals surface area (Å²) in [7, 11) is 0. The summed E-state index contributed by atoms with van der Waals surface area (Å²) >= 11 is 0. The molecule has 0 fully saturated rings. The van der Waals surface area contributed by atoms with E-state index in [1.807, 2.05) is 67.6 Å². The number of hydrogen-bond acceptors (Lipinski definition) is 3. The molecule has 0 radical (unpaired) electrons. The molecule has 2 aromatic rings. The number of carbonyl (C=O) groups excluding carboxylic acids is 1. The first-order chi connectivity index (χ1) is 10.3. The van der Waals surface area contributed by atoms with E-state index >= 15 is 0 Å². The Bertz CT molecular complexity index is 540. The molecule has 1 N–H and O–H groups in total. The highest BCUT2D eigenvalue weighted by atomic mass is 16.5. The van der Waals surface area contributed by atoms with Crippen molar-refractivity contribution in [1.29, 1.82) is 0 Å². The van der Waals surface area contributed by atoms with Crippen molar-refractivity contribution in [1.82, 2.24) is 0 Å². The number of hydrogen-bond donors (Lipinski definition) is 1. The highest BCUT2D eigenvalue weighted by Crippen LogP contribution is 2.13. The van der Waals surface area contributed by atoms with Gasteiger partial charge >= 0.3 is 5.97 Å². The zero-order valence-corrected chi connectivity index (χ0v) is 12.3. The van der Waals surface area contributed by atoms with Crippen LogP contribution in [0.15, 0.2) is 60.7 Å². The maximum Gasteiger partial charge on any atom is 0.311 e. The summed E-state index contributed by atoms with van der Waals surface area (Å²) in [5.41, 5.74) is 2.16. The maximum atomic E-state index is 12.1. The molecule has 0 heterocycles. The van der Waals surface area contributed by atoms with E-state index in [2.05, 4.69) is 5.32 Å². The molecule has 1 atom stereocenters. The molecule has 0 aromatic heterocycles. The number of nitrogens with one attached hydrogen (secondary N) is 1. The molecular weight excluding hydrogens is 262 g/mol. The number of ether oxygens (including phenoxy) is 1. The van der Waals surface area contributed by atoms with Crippen molar-refractivity contribution in [2.75, 3.05) is 18.5 Å². The maximum absolute atomic E-state index is 12.1. The summed E-state index contributed by atoms with van der Waals surface area (Å²) in [6.07, 6.45) is 0.680. The Balaban J connectivity index is 2.00. The van der Waals surface area contributed by atoms with Crippen molar-refractivity contribution in [2.24, 2.45) is 5.92 Å². The molecule has 0 saturated carbocycles. The van der Waals surface area contributed by atoms with Crippen molar-refractivity contribution in [3.05, 3.63) is 66.2 Å². The van der Waals surface area contributed by atoms with Gasteiger partial charge in [0.2, 0.25) is 0 Å². The molecule has 0 spiro atoms. The molecule has 0 amide bonds. The number of anilines is 1. The van der Waals surface area contributed by atoms with Crippen molar-refractivity contribution < 1.29 is 9.53 Å². The van der Waals surface area contributed by atoms with Gasteiger partial charge in [0.1, 0.15) is 0 Å². The van der Waals surface area contributed by atoms with Crippen LogP contribution < -0.4 is 5.32 Å². The topological polar surface area (TPSA) is 38.3 Å².